The van der Waals surface area contributed by atoms with E-state index < -0.39 is 0 Å². The third kappa shape index (κ3) is 5.60. The predicted molar refractivity (Wildman–Crippen MR) is 145 cm³/mol. The molecule has 5 aromatic rings. The van der Waals surface area contributed by atoms with Gasteiger partial charge in [-0.25, -0.2) is 29.7 Å². The molecular formula is C30H24N6O2. The van der Waals surface area contributed by atoms with Crippen LogP contribution in [-0.2, 0) is 22.4 Å². The lowest BCUT2D eigenvalue weighted by Crippen LogP contribution is -2.31. The molecule has 2 amide bonds. The first-order valence-corrected chi connectivity index (χ1v) is 12.1. The van der Waals surface area contributed by atoms with Crippen LogP contribution in [-0.4, -0.2) is 31.8 Å². The quantitative estimate of drug-likeness (QED) is 0.295. The fourth-order valence-corrected chi connectivity index (χ4v) is 4.08. The van der Waals surface area contributed by atoms with E-state index in [4.69, 9.17) is 0 Å². The highest BCUT2D eigenvalue weighted by molar-refractivity contribution is 6.01. The zero-order valence-electron chi connectivity index (χ0n) is 20.5. The van der Waals surface area contributed by atoms with Crippen LogP contribution in [0.1, 0.15) is 11.1 Å². The summed E-state index contributed by atoms with van der Waals surface area (Å²) < 4.78 is 0. The summed E-state index contributed by atoms with van der Waals surface area (Å²) in [6.45, 7) is 0. The van der Waals surface area contributed by atoms with Gasteiger partial charge in [0, 0.05) is 24.8 Å². The Morgan fingerprint density at radius 3 is 1.00 bits per heavy atom. The Kier molecular flexibility index (Phi) is 7.51. The first kappa shape index (κ1) is 24.5. The lowest BCUT2D eigenvalue weighted by molar-refractivity contribution is -0.118. The van der Waals surface area contributed by atoms with Gasteiger partial charge in [0.1, 0.15) is 23.3 Å². The zero-order valence-corrected chi connectivity index (χ0v) is 20.5. The zero-order chi connectivity index (χ0) is 26.2. The molecule has 0 unspecified atom stereocenters. The Bertz CT molecular complexity index is 1300. The lowest BCUT2D eigenvalue weighted by atomic mass is 10.0. The maximum atomic E-state index is 13.7. The molecule has 0 aliphatic carbocycles. The van der Waals surface area contributed by atoms with Crippen LogP contribution in [0.25, 0.3) is 0 Å². The van der Waals surface area contributed by atoms with E-state index in [9.17, 15) is 9.59 Å². The molecule has 0 aliphatic rings. The fourth-order valence-electron chi connectivity index (χ4n) is 4.08. The number of nitrogens with zero attached hydrogens (tertiary/aromatic N) is 6. The highest BCUT2D eigenvalue weighted by Gasteiger charge is 2.24. The molecule has 8 heteroatoms. The van der Waals surface area contributed by atoms with Gasteiger partial charge in [-0.05, 0) is 59.7 Å². The van der Waals surface area contributed by atoms with Crippen molar-refractivity contribution in [1.29, 1.82) is 0 Å². The van der Waals surface area contributed by atoms with Crippen molar-refractivity contribution in [3.8, 4) is 0 Å². The van der Waals surface area contributed by atoms with E-state index in [1.807, 2.05) is 48.5 Å². The summed E-state index contributed by atoms with van der Waals surface area (Å²) in [6, 6.07) is 29.0. The summed E-state index contributed by atoms with van der Waals surface area (Å²) in [6.07, 6.45) is 6.65. The van der Waals surface area contributed by atoms with Crippen LogP contribution in [0.15, 0.2) is 122 Å². The van der Waals surface area contributed by atoms with Gasteiger partial charge >= 0.3 is 0 Å². The fraction of sp³-hybridized carbons (Fsp3) is 0.0667. The van der Waals surface area contributed by atoms with Gasteiger partial charge in [0.2, 0.25) is 11.8 Å². The summed E-state index contributed by atoms with van der Waals surface area (Å²) in [7, 11) is 0. The minimum Gasteiger partial charge on any atom is -0.274 e. The Labute approximate surface area is 220 Å². The second-order valence-corrected chi connectivity index (χ2v) is 8.33. The summed E-state index contributed by atoms with van der Waals surface area (Å²) in [5, 5.41) is 0. The number of hydrogen-bond acceptors (Lipinski definition) is 6. The minimum atomic E-state index is -0.214. The van der Waals surface area contributed by atoms with Gasteiger partial charge in [-0.1, -0.05) is 48.5 Å². The second kappa shape index (κ2) is 11.7. The van der Waals surface area contributed by atoms with E-state index in [1.165, 1.54) is 9.80 Å². The average Bonchev–Trinajstić information content (AvgIpc) is 2.97. The van der Waals surface area contributed by atoms with Gasteiger partial charge in [-0.2, -0.15) is 0 Å². The van der Waals surface area contributed by atoms with Crippen molar-refractivity contribution in [3.63, 3.8) is 0 Å². The van der Waals surface area contributed by atoms with Gasteiger partial charge in [-0.15, -0.1) is 0 Å². The summed E-state index contributed by atoms with van der Waals surface area (Å²) in [5.74, 6) is 1.46. The molecule has 0 saturated heterocycles. The van der Waals surface area contributed by atoms with Crippen molar-refractivity contribution in [2.75, 3.05) is 9.80 Å². The third-order valence-corrected chi connectivity index (χ3v) is 5.81. The predicted octanol–water partition coefficient (Wildman–Crippen LogP) is 5.08. The minimum absolute atomic E-state index is 0.0593. The van der Waals surface area contributed by atoms with Crippen LogP contribution in [0.5, 0.6) is 0 Å². The summed E-state index contributed by atoms with van der Waals surface area (Å²) in [4.78, 5) is 47.8. The van der Waals surface area contributed by atoms with E-state index in [0.29, 0.717) is 23.3 Å². The third-order valence-electron chi connectivity index (χ3n) is 5.81. The molecule has 4 aromatic heterocycles. The summed E-state index contributed by atoms with van der Waals surface area (Å²) in [5.41, 5.74) is 1.48. The Morgan fingerprint density at radius 2 is 0.737 bits per heavy atom. The van der Waals surface area contributed by atoms with Gasteiger partial charge in [0.15, 0.2) is 0 Å². The topological polar surface area (TPSA) is 92.2 Å². The number of rotatable bonds is 8. The number of benzene rings is 1. The van der Waals surface area contributed by atoms with E-state index in [-0.39, 0.29) is 24.7 Å². The van der Waals surface area contributed by atoms with Crippen molar-refractivity contribution in [1.82, 2.24) is 19.9 Å². The van der Waals surface area contributed by atoms with E-state index in [2.05, 4.69) is 19.9 Å². The number of pyridine rings is 4. The average molecular weight is 501 g/mol. The first-order valence-electron chi connectivity index (χ1n) is 12.1. The molecule has 8 nitrogen and oxygen atoms in total. The van der Waals surface area contributed by atoms with E-state index in [0.717, 1.165) is 11.1 Å². The number of carbonyl (C=O) groups is 2. The van der Waals surface area contributed by atoms with Crippen molar-refractivity contribution < 1.29 is 9.59 Å². The molecule has 0 atom stereocenters. The summed E-state index contributed by atoms with van der Waals surface area (Å²) >= 11 is 0. The van der Waals surface area contributed by atoms with Crippen LogP contribution in [0.4, 0.5) is 23.3 Å². The van der Waals surface area contributed by atoms with Crippen LogP contribution in [0, 0.1) is 0 Å². The molecule has 5 rings (SSSR count). The standard InChI is InChI=1S/C30H24N6O2/c37-29(35(25-13-3-7-17-31-25)26-14-4-8-18-32-26)21-23-11-1-2-12-24(23)22-30(38)36(27-15-5-9-19-33-27)28-16-6-10-20-34-28/h1-20H,21-22H2. The maximum Gasteiger partial charge on any atom is 0.238 e. The molecule has 38 heavy (non-hydrogen) atoms. The van der Waals surface area contributed by atoms with Crippen molar-refractivity contribution in [2.24, 2.45) is 0 Å². The van der Waals surface area contributed by atoms with Crippen LogP contribution in [0.3, 0.4) is 0 Å². The molecule has 0 spiro atoms. The van der Waals surface area contributed by atoms with Gasteiger partial charge < -0.3 is 0 Å². The Morgan fingerprint density at radius 1 is 0.447 bits per heavy atom. The van der Waals surface area contributed by atoms with Crippen LogP contribution < -0.4 is 9.80 Å². The van der Waals surface area contributed by atoms with Crippen molar-refractivity contribution in [2.45, 2.75) is 12.8 Å². The smallest absolute Gasteiger partial charge is 0.238 e. The molecule has 1 aromatic carbocycles. The maximum absolute atomic E-state index is 13.7. The van der Waals surface area contributed by atoms with Gasteiger partial charge in [0.05, 0.1) is 12.8 Å². The van der Waals surface area contributed by atoms with Crippen LogP contribution in [0.2, 0.25) is 0 Å². The number of anilines is 4. The largest absolute Gasteiger partial charge is 0.274 e. The van der Waals surface area contributed by atoms with Crippen molar-refractivity contribution in [3.05, 3.63) is 133 Å². The number of aromatic nitrogens is 4. The molecule has 0 N–H and O–H groups in total. The second-order valence-electron chi connectivity index (χ2n) is 8.33. The monoisotopic (exact) mass is 500 g/mol. The first-order chi connectivity index (χ1) is 18.7. The SMILES string of the molecule is O=C(Cc1ccccc1CC(=O)N(c1ccccn1)c1ccccn1)N(c1ccccn1)c1ccccn1. The normalized spacial score (nSPS) is 10.5. The number of carbonyl (C=O) groups excluding carboxylic acids is 2. The van der Waals surface area contributed by atoms with E-state index >= 15 is 0 Å². The van der Waals surface area contributed by atoms with Gasteiger partial charge in [-0.3, -0.25) is 9.59 Å². The molecule has 0 aliphatic heterocycles. The highest BCUT2D eigenvalue weighted by Crippen LogP contribution is 2.25. The molecule has 0 bridgehead atoms. The molecule has 0 saturated carbocycles. The molecule has 4 heterocycles. The molecule has 186 valence electrons. The van der Waals surface area contributed by atoms with Gasteiger partial charge in [0.25, 0.3) is 0 Å². The molecule has 0 radical (unpaired) electrons. The number of hydrogen-bond donors (Lipinski definition) is 0. The number of amides is 2. The lowest BCUT2D eigenvalue weighted by Gasteiger charge is -2.23. The van der Waals surface area contributed by atoms with E-state index in [1.54, 1.807) is 73.3 Å². The van der Waals surface area contributed by atoms with Crippen LogP contribution >= 0.6 is 0 Å². The Balaban J connectivity index is 1.43. The molecular weight excluding hydrogens is 476 g/mol. The molecule has 0 fully saturated rings. The highest BCUT2D eigenvalue weighted by atomic mass is 16.2. The Hall–Kier alpha value is -5.24. The van der Waals surface area contributed by atoms with Crippen molar-refractivity contribution >= 4 is 35.1 Å².